The molecule has 0 bridgehead atoms. The molecular formula is C27H48O2. The quantitative estimate of drug-likeness (QED) is 0.388. The third kappa shape index (κ3) is 5.88. The van der Waals surface area contributed by atoms with Gasteiger partial charge in [0.05, 0.1) is 18.8 Å². The topological polar surface area (TPSA) is 18.5 Å². The summed E-state index contributed by atoms with van der Waals surface area (Å²) in [5, 5.41) is 0. The molecule has 168 valence electrons. The van der Waals surface area contributed by atoms with Gasteiger partial charge in [-0.25, -0.2) is 0 Å². The molecule has 3 fully saturated rings. The summed E-state index contributed by atoms with van der Waals surface area (Å²) in [4.78, 5) is 0. The van der Waals surface area contributed by atoms with E-state index in [1.165, 1.54) is 70.6 Å². The molecule has 0 aromatic carbocycles. The van der Waals surface area contributed by atoms with Crippen LogP contribution in [0.5, 0.6) is 0 Å². The standard InChI is InChI=1S/C27H48O2/c1-6-16-28-24-12-8-22(9-13-24)27(19-21(3)18-26(4,5)20-27)23-10-14-25(15-11-23)29-17-7-2/h6,21-25H,1,7-20H2,2-5H3. The lowest BCUT2D eigenvalue weighted by atomic mass is 9.48. The molecule has 29 heavy (non-hydrogen) atoms. The van der Waals surface area contributed by atoms with Crippen molar-refractivity contribution in [3.63, 3.8) is 0 Å². The first-order valence-electron chi connectivity index (χ1n) is 12.7. The molecule has 3 aliphatic rings. The smallest absolute Gasteiger partial charge is 0.0648 e. The highest BCUT2D eigenvalue weighted by molar-refractivity contribution is 5.02. The Labute approximate surface area is 181 Å². The van der Waals surface area contributed by atoms with Crippen LogP contribution in [0, 0.1) is 28.6 Å². The monoisotopic (exact) mass is 404 g/mol. The van der Waals surface area contributed by atoms with Crippen LogP contribution in [0.1, 0.15) is 105 Å². The largest absolute Gasteiger partial charge is 0.378 e. The molecule has 2 heteroatoms. The molecule has 0 amide bonds. The predicted molar refractivity (Wildman–Crippen MR) is 123 cm³/mol. The van der Waals surface area contributed by atoms with Gasteiger partial charge in [0, 0.05) is 6.61 Å². The fourth-order valence-corrected chi connectivity index (χ4v) is 7.75. The van der Waals surface area contributed by atoms with Gasteiger partial charge < -0.3 is 9.47 Å². The van der Waals surface area contributed by atoms with Gasteiger partial charge in [0.1, 0.15) is 0 Å². The number of ether oxygens (including phenoxy) is 2. The zero-order valence-electron chi connectivity index (χ0n) is 19.9. The van der Waals surface area contributed by atoms with Crippen molar-refractivity contribution in [2.24, 2.45) is 28.6 Å². The molecule has 3 aliphatic carbocycles. The van der Waals surface area contributed by atoms with Crippen molar-refractivity contribution in [1.29, 1.82) is 0 Å². The Morgan fingerprint density at radius 1 is 0.862 bits per heavy atom. The van der Waals surface area contributed by atoms with Crippen molar-refractivity contribution in [3.05, 3.63) is 12.7 Å². The molecule has 0 saturated heterocycles. The second kappa shape index (κ2) is 10.3. The number of rotatable bonds is 8. The van der Waals surface area contributed by atoms with Crippen LogP contribution < -0.4 is 0 Å². The van der Waals surface area contributed by atoms with E-state index in [0.29, 0.717) is 29.6 Å². The summed E-state index contributed by atoms with van der Waals surface area (Å²) in [5.74, 6) is 2.66. The molecule has 3 saturated carbocycles. The van der Waals surface area contributed by atoms with E-state index in [-0.39, 0.29) is 0 Å². The van der Waals surface area contributed by atoms with Gasteiger partial charge in [-0.15, -0.1) is 6.58 Å². The molecule has 0 aliphatic heterocycles. The molecule has 0 N–H and O–H groups in total. The highest BCUT2D eigenvalue weighted by Gasteiger charge is 2.52. The second-order valence-corrected chi connectivity index (χ2v) is 11.5. The molecule has 3 rings (SSSR count). The van der Waals surface area contributed by atoms with Gasteiger partial charge in [-0.1, -0.05) is 33.8 Å². The molecule has 0 radical (unpaired) electrons. The maximum absolute atomic E-state index is 6.14. The Balaban J connectivity index is 1.71. The zero-order chi connectivity index (χ0) is 20.9. The van der Waals surface area contributed by atoms with Crippen molar-refractivity contribution >= 4 is 0 Å². The normalized spacial score (nSPS) is 40.5. The van der Waals surface area contributed by atoms with Crippen molar-refractivity contribution in [1.82, 2.24) is 0 Å². The molecule has 2 atom stereocenters. The van der Waals surface area contributed by atoms with Crippen LogP contribution in [0.4, 0.5) is 0 Å². The fourth-order valence-electron chi connectivity index (χ4n) is 7.75. The maximum atomic E-state index is 6.14. The number of hydrogen-bond acceptors (Lipinski definition) is 2. The van der Waals surface area contributed by atoms with Crippen LogP contribution in [0.15, 0.2) is 12.7 Å². The minimum absolute atomic E-state index is 0.466. The van der Waals surface area contributed by atoms with E-state index in [1.807, 2.05) is 6.08 Å². The van der Waals surface area contributed by atoms with Crippen LogP contribution in [0.2, 0.25) is 0 Å². The Morgan fingerprint density at radius 2 is 1.41 bits per heavy atom. The van der Waals surface area contributed by atoms with E-state index in [1.54, 1.807) is 0 Å². The van der Waals surface area contributed by atoms with Gasteiger partial charge >= 0.3 is 0 Å². The van der Waals surface area contributed by atoms with Gasteiger partial charge in [0.2, 0.25) is 0 Å². The van der Waals surface area contributed by atoms with Crippen molar-refractivity contribution in [2.45, 2.75) is 117 Å². The van der Waals surface area contributed by atoms with E-state index in [9.17, 15) is 0 Å². The molecule has 0 aromatic rings. The van der Waals surface area contributed by atoms with E-state index < -0.39 is 0 Å². The van der Waals surface area contributed by atoms with Gasteiger partial charge in [-0.3, -0.25) is 0 Å². The van der Waals surface area contributed by atoms with Crippen LogP contribution in [-0.4, -0.2) is 25.4 Å². The minimum Gasteiger partial charge on any atom is -0.378 e. The fraction of sp³-hybridized carbons (Fsp3) is 0.926. The maximum Gasteiger partial charge on any atom is 0.0648 e. The van der Waals surface area contributed by atoms with Gasteiger partial charge in [0.25, 0.3) is 0 Å². The van der Waals surface area contributed by atoms with E-state index in [4.69, 9.17) is 9.47 Å². The van der Waals surface area contributed by atoms with Crippen molar-refractivity contribution in [3.8, 4) is 0 Å². The lowest BCUT2D eigenvalue weighted by Crippen LogP contribution is -2.49. The highest BCUT2D eigenvalue weighted by Crippen LogP contribution is 2.61. The zero-order valence-corrected chi connectivity index (χ0v) is 19.9. The summed E-state index contributed by atoms with van der Waals surface area (Å²) in [6.45, 7) is 15.3. The number of hydrogen-bond donors (Lipinski definition) is 0. The third-order valence-electron chi connectivity index (χ3n) is 8.42. The lowest BCUT2D eigenvalue weighted by molar-refractivity contribution is -0.0974. The average molecular weight is 405 g/mol. The summed E-state index contributed by atoms with van der Waals surface area (Å²) in [5.41, 5.74) is 1.05. The molecule has 0 aromatic heterocycles. The van der Waals surface area contributed by atoms with Crippen LogP contribution >= 0.6 is 0 Å². The van der Waals surface area contributed by atoms with Crippen LogP contribution in [-0.2, 0) is 9.47 Å². The average Bonchev–Trinajstić information content (AvgIpc) is 2.70. The summed E-state index contributed by atoms with van der Waals surface area (Å²) >= 11 is 0. The summed E-state index contributed by atoms with van der Waals surface area (Å²) in [7, 11) is 0. The Kier molecular flexibility index (Phi) is 8.30. The first kappa shape index (κ1) is 23.3. The lowest BCUT2D eigenvalue weighted by Gasteiger charge is -2.58. The van der Waals surface area contributed by atoms with Crippen LogP contribution in [0.25, 0.3) is 0 Å². The van der Waals surface area contributed by atoms with E-state index in [0.717, 1.165) is 30.8 Å². The van der Waals surface area contributed by atoms with Gasteiger partial charge in [0.15, 0.2) is 0 Å². The first-order valence-corrected chi connectivity index (χ1v) is 12.7. The summed E-state index contributed by atoms with van der Waals surface area (Å²) in [6, 6.07) is 0. The van der Waals surface area contributed by atoms with Gasteiger partial charge in [-0.05, 0) is 106 Å². The molecule has 0 heterocycles. The van der Waals surface area contributed by atoms with Gasteiger partial charge in [-0.2, -0.15) is 0 Å². The SMILES string of the molecule is C=CCOC1CCC(C2(C3CCC(OCCC)CC3)CC(C)CC(C)(C)C2)CC1. The van der Waals surface area contributed by atoms with Crippen LogP contribution in [0.3, 0.4) is 0 Å². The Bertz CT molecular complexity index is 497. The molecule has 2 nitrogen and oxygen atoms in total. The third-order valence-corrected chi connectivity index (χ3v) is 8.42. The second-order valence-electron chi connectivity index (χ2n) is 11.5. The first-order chi connectivity index (χ1) is 13.9. The molecule has 2 unspecified atom stereocenters. The van der Waals surface area contributed by atoms with Crippen molar-refractivity contribution in [2.75, 3.05) is 13.2 Å². The Hall–Kier alpha value is -0.340. The summed E-state index contributed by atoms with van der Waals surface area (Å²) in [6.07, 6.45) is 19.0. The van der Waals surface area contributed by atoms with E-state index >= 15 is 0 Å². The van der Waals surface area contributed by atoms with Crippen molar-refractivity contribution < 1.29 is 9.47 Å². The predicted octanol–water partition coefficient (Wildman–Crippen LogP) is 7.57. The minimum atomic E-state index is 0.466. The highest BCUT2D eigenvalue weighted by atomic mass is 16.5. The Morgan fingerprint density at radius 3 is 1.90 bits per heavy atom. The molecule has 0 spiro atoms. The summed E-state index contributed by atoms with van der Waals surface area (Å²) < 4.78 is 12.2. The molecular weight excluding hydrogens is 356 g/mol. The van der Waals surface area contributed by atoms with E-state index in [2.05, 4.69) is 34.3 Å².